The molecule has 3 rings (SSSR count). The number of fused-ring (bicyclic) bond motifs is 1. The first-order valence-electron chi connectivity index (χ1n) is 7.30. The Kier molecular flexibility index (Phi) is 6.09. The van der Waals surface area contributed by atoms with Gasteiger partial charge in [-0.15, -0.1) is 0 Å². The van der Waals surface area contributed by atoms with Gasteiger partial charge in [0.15, 0.2) is 11.0 Å². The summed E-state index contributed by atoms with van der Waals surface area (Å²) in [4.78, 5) is 13.4. The topological polar surface area (TPSA) is 32.3 Å². The summed E-state index contributed by atoms with van der Waals surface area (Å²) in [5, 5.41) is 1.33. The molecule has 0 atom stereocenters. The fraction of sp³-hybridized carbons (Fsp3) is 0.467. The largest absolute Gasteiger partial charge is 0.351 e. The zero-order chi connectivity index (χ0) is 16.3. The normalized spacial score (nSPS) is 15.6. The minimum absolute atomic E-state index is 0.403. The van der Waals surface area contributed by atoms with Gasteiger partial charge in [-0.3, -0.25) is 0 Å². The van der Waals surface area contributed by atoms with Crippen molar-refractivity contribution >= 4 is 51.7 Å². The van der Waals surface area contributed by atoms with Gasteiger partial charge in [0.1, 0.15) is 0 Å². The van der Waals surface area contributed by atoms with E-state index in [0.717, 1.165) is 26.2 Å². The van der Waals surface area contributed by atoms with Gasteiger partial charge in [0, 0.05) is 26.2 Å². The third-order valence-corrected chi connectivity index (χ3v) is 4.43. The maximum absolute atomic E-state index is 6.26. The number of likely N-dealkylation sites (N-methyl/N-ethyl adjacent to an activating group) is 1. The molecule has 0 amide bonds. The second-order valence-corrected chi connectivity index (χ2v) is 6.06. The highest BCUT2D eigenvalue weighted by molar-refractivity contribution is 6.42. The summed E-state index contributed by atoms with van der Waals surface area (Å²) in [5.74, 6) is 0.714. The summed E-state index contributed by atoms with van der Waals surface area (Å²) in [6, 6.07) is 3.41. The summed E-state index contributed by atoms with van der Waals surface area (Å²) in [6.45, 7) is 7.74. The Morgan fingerprint density at radius 1 is 0.864 bits per heavy atom. The van der Waals surface area contributed by atoms with Crippen LogP contribution in [0.15, 0.2) is 12.1 Å². The maximum atomic E-state index is 6.26. The lowest BCUT2D eigenvalue weighted by Crippen LogP contribution is -2.45. The lowest BCUT2D eigenvalue weighted by molar-refractivity contribution is 0.312. The van der Waals surface area contributed by atoms with Crippen LogP contribution in [-0.4, -0.2) is 48.1 Å². The van der Waals surface area contributed by atoms with Crippen molar-refractivity contribution in [1.29, 1.82) is 0 Å². The van der Waals surface area contributed by atoms with Gasteiger partial charge in [0.05, 0.1) is 21.1 Å². The molecule has 0 unspecified atom stereocenters. The molecule has 0 bridgehead atoms. The summed E-state index contributed by atoms with van der Waals surface area (Å²) in [6.07, 6.45) is 0. The van der Waals surface area contributed by atoms with E-state index in [4.69, 9.17) is 34.8 Å². The van der Waals surface area contributed by atoms with E-state index in [1.54, 1.807) is 12.1 Å². The fourth-order valence-corrected chi connectivity index (χ4v) is 2.81. The second kappa shape index (κ2) is 7.64. The molecule has 0 aliphatic carbocycles. The summed E-state index contributed by atoms with van der Waals surface area (Å²) < 4.78 is 0. The van der Waals surface area contributed by atoms with Crippen molar-refractivity contribution in [3.8, 4) is 0 Å². The molecule has 22 heavy (non-hydrogen) atoms. The highest BCUT2D eigenvalue weighted by Crippen LogP contribution is 2.30. The van der Waals surface area contributed by atoms with Crippen molar-refractivity contribution < 1.29 is 0 Å². The number of hydrogen-bond donors (Lipinski definition) is 0. The van der Waals surface area contributed by atoms with Crippen LogP contribution in [0.1, 0.15) is 13.8 Å². The lowest BCUT2D eigenvalue weighted by Gasteiger charge is -2.33. The van der Waals surface area contributed by atoms with E-state index in [9.17, 15) is 0 Å². The van der Waals surface area contributed by atoms with E-state index in [2.05, 4.69) is 26.8 Å². The highest BCUT2D eigenvalue weighted by Gasteiger charge is 2.19. The molecule has 0 saturated carbocycles. The molecule has 1 aromatic heterocycles. The van der Waals surface area contributed by atoms with Gasteiger partial charge in [-0.25, -0.2) is 9.97 Å². The zero-order valence-corrected chi connectivity index (χ0v) is 15.2. The number of benzene rings is 1. The van der Waals surface area contributed by atoms with Crippen LogP contribution in [0.3, 0.4) is 0 Å². The molecule has 0 radical (unpaired) electrons. The Labute approximate surface area is 146 Å². The molecule has 1 aromatic carbocycles. The quantitative estimate of drug-likeness (QED) is 0.755. The summed E-state index contributed by atoms with van der Waals surface area (Å²) >= 11 is 18.3. The minimum atomic E-state index is 0.403. The number of aromatic nitrogens is 2. The van der Waals surface area contributed by atoms with Crippen molar-refractivity contribution in [2.24, 2.45) is 0 Å². The van der Waals surface area contributed by atoms with Crippen LogP contribution in [0, 0.1) is 0 Å². The minimum Gasteiger partial charge on any atom is -0.351 e. The van der Waals surface area contributed by atoms with Crippen LogP contribution in [0.2, 0.25) is 15.2 Å². The molecule has 1 saturated heterocycles. The van der Waals surface area contributed by atoms with Crippen LogP contribution < -0.4 is 4.90 Å². The summed E-state index contributed by atoms with van der Waals surface area (Å²) in [5.41, 5.74) is 1.36. The van der Waals surface area contributed by atoms with Gasteiger partial charge < -0.3 is 9.80 Å². The molecular formula is C15H19Cl3N4. The standard InChI is InChI=1S/C13H13Cl3N4.C2H6/c1-19-2-4-20(5-3-19)13-12(16)17-10-6-8(14)9(15)7-11(10)18-13;1-2/h6-7H,2-5H2,1H3;1-2H3. The third-order valence-electron chi connectivity index (χ3n) is 3.45. The molecule has 4 nitrogen and oxygen atoms in total. The van der Waals surface area contributed by atoms with Crippen LogP contribution in [0.25, 0.3) is 11.0 Å². The molecule has 120 valence electrons. The molecule has 0 N–H and O–H groups in total. The van der Waals surface area contributed by atoms with Gasteiger partial charge >= 0.3 is 0 Å². The zero-order valence-electron chi connectivity index (χ0n) is 12.9. The number of hydrogen-bond acceptors (Lipinski definition) is 4. The van der Waals surface area contributed by atoms with Crippen molar-refractivity contribution in [1.82, 2.24) is 14.9 Å². The number of piperazine rings is 1. The molecule has 7 heteroatoms. The molecular weight excluding hydrogens is 343 g/mol. The van der Waals surface area contributed by atoms with Crippen LogP contribution in [0.5, 0.6) is 0 Å². The Hall–Kier alpha value is -0.810. The van der Waals surface area contributed by atoms with E-state index >= 15 is 0 Å². The van der Waals surface area contributed by atoms with Crippen LogP contribution >= 0.6 is 34.8 Å². The van der Waals surface area contributed by atoms with Gasteiger partial charge in [-0.1, -0.05) is 48.7 Å². The van der Waals surface area contributed by atoms with Crippen molar-refractivity contribution in [3.05, 3.63) is 27.3 Å². The predicted molar refractivity (Wildman–Crippen MR) is 95.6 cm³/mol. The first-order valence-corrected chi connectivity index (χ1v) is 8.44. The molecule has 1 aliphatic heterocycles. The van der Waals surface area contributed by atoms with Gasteiger partial charge in [-0.05, 0) is 19.2 Å². The third kappa shape index (κ3) is 3.74. The van der Waals surface area contributed by atoms with E-state index < -0.39 is 0 Å². The molecule has 2 heterocycles. The first kappa shape index (κ1) is 17.5. The number of anilines is 1. The Balaban J connectivity index is 0.000000847. The van der Waals surface area contributed by atoms with Crippen molar-refractivity contribution in [3.63, 3.8) is 0 Å². The Morgan fingerprint density at radius 2 is 1.36 bits per heavy atom. The Bertz CT molecular complexity index is 655. The number of nitrogens with zero attached hydrogens (tertiary/aromatic N) is 4. The average molecular weight is 362 g/mol. The molecule has 2 aromatic rings. The average Bonchev–Trinajstić information content (AvgIpc) is 2.51. The van der Waals surface area contributed by atoms with Crippen LogP contribution in [-0.2, 0) is 0 Å². The monoisotopic (exact) mass is 360 g/mol. The fourth-order valence-electron chi connectivity index (χ4n) is 2.24. The van der Waals surface area contributed by atoms with Gasteiger partial charge in [0.2, 0.25) is 0 Å². The molecule has 1 fully saturated rings. The smallest absolute Gasteiger partial charge is 0.172 e. The van der Waals surface area contributed by atoms with Crippen molar-refractivity contribution in [2.75, 3.05) is 38.1 Å². The Morgan fingerprint density at radius 3 is 1.91 bits per heavy atom. The predicted octanol–water partition coefficient (Wildman–Crippen LogP) is 4.37. The van der Waals surface area contributed by atoms with E-state index in [0.29, 0.717) is 32.0 Å². The van der Waals surface area contributed by atoms with E-state index in [-0.39, 0.29) is 0 Å². The number of rotatable bonds is 1. The SMILES string of the molecule is CC.CN1CCN(c2nc3cc(Cl)c(Cl)cc3nc2Cl)CC1. The summed E-state index contributed by atoms with van der Waals surface area (Å²) in [7, 11) is 2.10. The number of halogens is 3. The molecule has 1 aliphatic rings. The molecule has 0 spiro atoms. The lowest BCUT2D eigenvalue weighted by atomic mass is 10.3. The van der Waals surface area contributed by atoms with Gasteiger partial charge in [-0.2, -0.15) is 0 Å². The van der Waals surface area contributed by atoms with E-state index in [1.807, 2.05) is 13.8 Å². The first-order chi connectivity index (χ1) is 10.5. The highest BCUT2D eigenvalue weighted by atomic mass is 35.5. The maximum Gasteiger partial charge on any atom is 0.172 e. The van der Waals surface area contributed by atoms with Crippen LogP contribution in [0.4, 0.5) is 5.82 Å². The van der Waals surface area contributed by atoms with Crippen molar-refractivity contribution in [2.45, 2.75) is 13.8 Å². The van der Waals surface area contributed by atoms with Gasteiger partial charge in [0.25, 0.3) is 0 Å². The van der Waals surface area contributed by atoms with E-state index in [1.165, 1.54) is 0 Å². The second-order valence-electron chi connectivity index (χ2n) is 4.88.